The fraction of sp³-hybridized carbons (Fsp3) is 1.00. The smallest absolute Gasteiger partial charge is 0.00391 e. The molecule has 0 heterocycles. The second-order valence-electron chi connectivity index (χ2n) is 7.49. The molecule has 0 amide bonds. The Hall–Kier alpha value is 0.350. The van der Waals surface area contributed by atoms with Crippen molar-refractivity contribution in [2.75, 3.05) is 11.5 Å². The van der Waals surface area contributed by atoms with Crippen molar-refractivity contribution in [1.29, 1.82) is 0 Å². The van der Waals surface area contributed by atoms with Gasteiger partial charge in [0.2, 0.25) is 0 Å². The first-order chi connectivity index (χ1) is 11.3. The lowest BCUT2D eigenvalue weighted by Crippen LogP contribution is -2.07. The number of hydrogen-bond acceptors (Lipinski definition) is 1. The van der Waals surface area contributed by atoms with Gasteiger partial charge in [-0.05, 0) is 36.2 Å². The minimum atomic E-state index is 0.976. The van der Waals surface area contributed by atoms with Crippen LogP contribution in [-0.2, 0) is 0 Å². The molecule has 0 rings (SSSR count). The molecule has 0 aliphatic rings. The van der Waals surface area contributed by atoms with Crippen LogP contribution in [0, 0.1) is 11.8 Å². The average Bonchev–Trinajstić information content (AvgIpc) is 2.58. The zero-order chi connectivity index (χ0) is 17.2. The highest BCUT2D eigenvalue weighted by molar-refractivity contribution is 7.99. The third-order valence-corrected chi connectivity index (χ3v) is 6.71. The molecule has 23 heavy (non-hydrogen) atoms. The highest BCUT2D eigenvalue weighted by Gasteiger charge is 2.10. The van der Waals surface area contributed by atoms with Crippen molar-refractivity contribution in [3.63, 3.8) is 0 Å². The Morgan fingerprint density at radius 2 is 0.913 bits per heavy atom. The first-order valence-corrected chi connectivity index (χ1v) is 12.0. The van der Waals surface area contributed by atoms with Crippen LogP contribution < -0.4 is 0 Å². The van der Waals surface area contributed by atoms with E-state index in [0.717, 1.165) is 11.8 Å². The molecule has 1 heteroatoms. The molecule has 0 spiro atoms. The number of thioether (sulfide) groups is 1. The van der Waals surface area contributed by atoms with Gasteiger partial charge in [-0.3, -0.25) is 0 Å². The number of unbranched alkanes of at least 4 members (excludes halogenated alkanes) is 8. The van der Waals surface area contributed by atoms with E-state index in [1.54, 1.807) is 0 Å². The normalized spacial score (nSPS) is 14.1. The van der Waals surface area contributed by atoms with Gasteiger partial charge in [-0.15, -0.1) is 0 Å². The summed E-state index contributed by atoms with van der Waals surface area (Å²) in [4.78, 5) is 0. The molecule has 0 aromatic rings. The zero-order valence-corrected chi connectivity index (χ0v) is 17.7. The summed E-state index contributed by atoms with van der Waals surface area (Å²) in [5.41, 5.74) is 0. The lowest BCUT2D eigenvalue weighted by molar-refractivity contribution is 0.472. The molecule has 2 unspecified atom stereocenters. The van der Waals surface area contributed by atoms with Crippen molar-refractivity contribution < 1.29 is 0 Å². The average molecular weight is 343 g/mol. The maximum absolute atomic E-state index is 2.39. The molecule has 0 saturated heterocycles. The van der Waals surface area contributed by atoms with Crippen LogP contribution in [0.25, 0.3) is 0 Å². The first-order valence-electron chi connectivity index (χ1n) is 10.9. The largest absolute Gasteiger partial charge is 0.161 e. The van der Waals surface area contributed by atoms with Gasteiger partial charge < -0.3 is 0 Å². The first kappa shape index (κ1) is 23.4. The highest BCUT2D eigenvalue weighted by Crippen LogP contribution is 2.24. The van der Waals surface area contributed by atoms with E-state index in [1.807, 2.05) is 0 Å². The van der Waals surface area contributed by atoms with Gasteiger partial charge in [-0.1, -0.05) is 105 Å². The van der Waals surface area contributed by atoms with Gasteiger partial charge in [-0.2, -0.15) is 11.8 Å². The molecular formula is C22H46S. The van der Waals surface area contributed by atoms with Crippen LogP contribution in [0.1, 0.15) is 118 Å². The van der Waals surface area contributed by atoms with Crippen LogP contribution in [-0.4, -0.2) is 11.5 Å². The molecule has 2 atom stereocenters. The third-order valence-electron chi connectivity index (χ3n) is 5.29. The van der Waals surface area contributed by atoms with Crippen molar-refractivity contribution >= 4 is 11.8 Å². The van der Waals surface area contributed by atoms with Crippen molar-refractivity contribution in [3.8, 4) is 0 Å². The van der Waals surface area contributed by atoms with Crippen LogP contribution in [0.2, 0.25) is 0 Å². The van der Waals surface area contributed by atoms with Crippen LogP contribution >= 0.6 is 11.8 Å². The molecule has 0 bridgehead atoms. The highest BCUT2D eigenvalue weighted by atomic mass is 32.2. The molecule has 0 aliphatic heterocycles. The molecule has 0 saturated carbocycles. The monoisotopic (exact) mass is 342 g/mol. The molecule has 0 radical (unpaired) electrons. The minimum absolute atomic E-state index is 0.976. The summed E-state index contributed by atoms with van der Waals surface area (Å²) in [6, 6.07) is 0. The Labute approximate surface area is 153 Å². The van der Waals surface area contributed by atoms with Crippen molar-refractivity contribution in [1.82, 2.24) is 0 Å². The van der Waals surface area contributed by atoms with Gasteiger partial charge in [0.15, 0.2) is 0 Å². The summed E-state index contributed by atoms with van der Waals surface area (Å²) in [5, 5.41) is 0. The quantitative estimate of drug-likeness (QED) is 0.225. The fourth-order valence-electron chi connectivity index (χ4n) is 3.29. The summed E-state index contributed by atoms with van der Waals surface area (Å²) in [5.74, 6) is 4.78. The predicted molar refractivity (Wildman–Crippen MR) is 112 cm³/mol. The Balaban J connectivity index is 3.63. The standard InChI is InChI=1S/C22H46S/c1-5-9-11-13-15-17-21(7-3)19-23-20-22(8-4)18-16-14-12-10-6-2/h21-22H,5-20H2,1-4H3. The zero-order valence-electron chi connectivity index (χ0n) is 16.9. The Kier molecular flexibility index (Phi) is 19.0. The van der Waals surface area contributed by atoms with Gasteiger partial charge in [0.05, 0.1) is 0 Å². The topological polar surface area (TPSA) is 0 Å². The van der Waals surface area contributed by atoms with Crippen molar-refractivity contribution in [3.05, 3.63) is 0 Å². The van der Waals surface area contributed by atoms with Crippen LogP contribution in [0.5, 0.6) is 0 Å². The summed E-state index contributed by atoms with van der Waals surface area (Å²) in [6.45, 7) is 9.39. The summed E-state index contributed by atoms with van der Waals surface area (Å²) in [6.07, 6.45) is 20.1. The van der Waals surface area contributed by atoms with Crippen molar-refractivity contribution in [2.24, 2.45) is 11.8 Å². The molecule has 0 aliphatic carbocycles. The van der Waals surface area contributed by atoms with Gasteiger partial charge in [0.1, 0.15) is 0 Å². The van der Waals surface area contributed by atoms with E-state index in [4.69, 9.17) is 0 Å². The minimum Gasteiger partial charge on any atom is -0.161 e. The van der Waals surface area contributed by atoms with E-state index in [1.165, 1.54) is 101 Å². The second-order valence-corrected chi connectivity index (χ2v) is 8.57. The van der Waals surface area contributed by atoms with Crippen molar-refractivity contribution in [2.45, 2.75) is 118 Å². The number of hydrogen-bond donors (Lipinski definition) is 0. The predicted octanol–water partition coefficient (Wildman–Crippen LogP) is 8.49. The number of rotatable bonds is 18. The fourth-order valence-corrected chi connectivity index (χ4v) is 4.89. The SMILES string of the molecule is CCCCCCCC(CC)CSCC(CC)CCCCCCC. The Morgan fingerprint density at radius 3 is 1.26 bits per heavy atom. The van der Waals surface area contributed by atoms with E-state index in [2.05, 4.69) is 39.5 Å². The van der Waals surface area contributed by atoms with Gasteiger partial charge in [-0.25, -0.2) is 0 Å². The van der Waals surface area contributed by atoms with Crippen LogP contribution in [0.3, 0.4) is 0 Å². The summed E-state index contributed by atoms with van der Waals surface area (Å²) in [7, 11) is 0. The van der Waals surface area contributed by atoms with E-state index >= 15 is 0 Å². The molecule has 0 N–H and O–H groups in total. The molecule has 0 aromatic carbocycles. The van der Waals surface area contributed by atoms with Crippen LogP contribution in [0.4, 0.5) is 0 Å². The van der Waals surface area contributed by atoms with E-state index < -0.39 is 0 Å². The Bertz CT molecular complexity index is 192. The lowest BCUT2D eigenvalue weighted by Gasteiger charge is -2.18. The van der Waals surface area contributed by atoms with Gasteiger partial charge in [0.25, 0.3) is 0 Å². The van der Waals surface area contributed by atoms with E-state index in [-0.39, 0.29) is 0 Å². The second kappa shape index (κ2) is 18.7. The van der Waals surface area contributed by atoms with E-state index in [0.29, 0.717) is 0 Å². The lowest BCUT2D eigenvalue weighted by atomic mass is 10.00. The van der Waals surface area contributed by atoms with Gasteiger partial charge in [0, 0.05) is 0 Å². The molecule has 0 nitrogen and oxygen atoms in total. The molecule has 0 fully saturated rings. The maximum Gasteiger partial charge on any atom is -0.00391 e. The van der Waals surface area contributed by atoms with E-state index in [9.17, 15) is 0 Å². The summed E-state index contributed by atoms with van der Waals surface area (Å²) < 4.78 is 0. The maximum atomic E-state index is 2.39. The van der Waals surface area contributed by atoms with Crippen LogP contribution in [0.15, 0.2) is 0 Å². The van der Waals surface area contributed by atoms with Gasteiger partial charge >= 0.3 is 0 Å². The molecule has 0 aromatic heterocycles. The molecule has 140 valence electrons. The Morgan fingerprint density at radius 1 is 0.522 bits per heavy atom. The third kappa shape index (κ3) is 15.6. The molecular weight excluding hydrogens is 296 g/mol. The summed E-state index contributed by atoms with van der Waals surface area (Å²) >= 11 is 2.26.